The highest BCUT2D eigenvalue weighted by molar-refractivity contribution is 7.09. The number of hydrogen-bond donors (Lipinski definition) is 1. The van der Waals surface area contributed by atoms with Gasteiger partial charge in [-0.25, -0.2) is 4.99 Å². The number of likely N-dealkylation sites (N-methyl/N-ethyl adjacent to an activating group) is 1. The van der Waals surface area contributed by atoms with Crippen LogP contribution in [0.1, 0.15) is 17.6 Å². The Balaban J connectivity index is 1.69. The second-order valence-electron chi connectivity index (χ2n) is 5.87. The van der Waals surface area contributed by atoms with Gasteiger partial charge in [-0.05, 0) is 36.9 Å². The molecule has 0 aliphatic rings. The first-order chi connectivity index (χ1) is 12.8. The van der Waals surface area contributed by atoms with Gasteiger partial charge in [0, 0.05) is 30.7 Å². The molecular weight excluding hydrogens is 344 g/mol. The predicted octanol–water partition coefficient (Wildman–Crippen LogP) is 2.97. The molecule has 0 unspecified atom stereocenters. The van der Waals surface area contributed by atoms with Crippen molar-refractivity contribution in [3.8, 4) is 5.69 Å². The van der Waals surface area contributed by atoms with Crippen molar-refractivity contribution in [2.24, 2.45) is 4.99 Å². The fourth-order valence-electron chi connectivity index (χ4n) is 2.62. The lowest BCUT2D eigenvalue weighted by Crippen LogP contribution is -2.39. The monoisotopic (exact) mass is 368 g/mol. The third-order valence-corrected chi connectivity index (χ3v) is 4.93. The Labute approximate surface area is 158 Å². The number of aliphatic imine (C=N–C) groups is 1. The summed E-state index contributed by atoms with van der Waals surface area (Å²) in [7, 11) is 2.07. The molecule has 0 aliphatic heterocycles. The number of rotatable bonds is 7. The van der Waals surface area contributed by atoms with Crippen LogP contribution in [-0.4, -0.2) is 45.8 Å². The van der Waals surface area contributed by atoms with Crippen LogP contribution in [0.2, 0.25) is 0 Å². The SMILES string of the molecule is CCNC(=NCc1nncn1-c1ccccc1)N(C)CCc1cccs1. The predicted molar refractivity (Wildman–Crippen MR) is 107 cm³/mol. The van der Waals surface area contributed by atoms with Crippen molar-refractivity contribution in [1.82, 2.24) is 25.0 Å². The average Bonchev–Trinajstić information content (AvgIpc) is 3.35. The van der Waals surface area contributed by atoms with E-state index in [1.54, 1.807) is 17.7 Å². The molecule has 0 radical (unpaired) electrons. The topological polar surface area (TPSA) is 58.3 Å². The van der Waals surface area contributed by atoms with E-state index in [2.05, 4.69) is 51.9 Å². The van der Waals surface area contributed by atoms with E-state index in [-0.39, 0.29) is 0 Å². The van der Waals surface area contributed by atoms with Crippen molar-refractivity contribution in [3.05, 3.63) is 64.9 Å². The number of aromatic nitrogens is 3. The zero-order chi connectivity index (χ0) is 18.2. The van der Waals surface area contributed by atoms with Gasteiger partial charge in [0.05, 0.1) is 0 Å². The largest absolute Gasteiger partial charge is 0.357 e. The van der Waals surface area contributed by atoms with Crippen LogP contribution >= 0.6 is 11.3 Å². The maximum atomic E-state index is 4.75. The first-order valence-electron chi connectivity index (χ1n) is 8.74. The maximum absolute atomic E-state index is 4.75. The highest BCUT2D eigenvalue weighted by Gasteiger charge is 2.09. The number of para-hydroxylation sites is 1. The molecule has 2 aromatic heterocycles. The molecule has 0 aliphatic carbocycles. The van der Waals surface area contributed by atoms with Gasteiger partial charge in [0.15, 0.2) is 11.8 Å². The van der Waals surface area contributed by atoms with E-state index in [4.69, 9.17) is 4.99 Å². The van der Waals surface area contributed by atoms with E-state index in [0.717, 1.165) is 37.0 Å². The van der Waals surface area contributed by atoms with E-state index >= 15 is 0 Å². The molecule has 0 fully saturated rings. The van der Waals surface area contributed by atoms with Gasteiger partial charge < -0.3 is 10.2 Å². The van der Waals surface area contributed by atoms with Gasteiger partial charge in [-0.3, -0.25) is 4.57 Å². The van der Waals surface area contributed by atoms with E-state index in [1.807, 2.05) is 34.9 Å². The summed E-state index contributed by atoms with van der Waals surface area (Å²) in [6.07, 6.45) is 2.74. The van der Waals surface area contributed by atoms with Crippen molar-refractivity contribution >= 4 is 17.3 Å². The summed E-state index contributed by atoms with van der Waals surface area (Å²) >= 11 is 1.79. The van der Waals surface area contributed by atoms with E-state index in [0.29, 0.717) is 6.54 Å². The summed E-state index contributed by atoms with van der Waals surface area (Å²) in [5, 5.41) is 13.8. The van der Waals surface area contributed by atoms with Crippen molar-refractivity contribution < 1.29 is 0 Å². The van der Waals surface area contributed by atoms with Crippen molar-refractivity contribution in [1.29, 1.82) is 0 Å². The van der Waals surface area contributed by atoms with Gasteiger partial charge in [-0.15, -0.1) is 21.5 Å². The number of hydrogen-bond acceptors (Lipinski definition) is 4. The van der Waals surface area contributed by atoms with Crippen LogP contribution in [0.5, 0.6) is 0 Å². The van der Waals surface area contributed by atoms with Crippen LogP contribution in [0.3, 0.4) is 0 Å². The molecule has 26 heavy (non-hydrogen) atoms. The van der Waals surface area contributed by atoms with Crippen LogP contribution < -0.4 is 5.32 Å². The van der Waals surface area contributed by atoms with Crippen molar-refractivity contribution in [2.45, 2.75) is 19.9 Å². The van der Waals surface area contributed by atoms with E-state index in [1.165, 1.54) is 4.88 Å². The number of nitrogens with one attached hydrogen (secondary N) is 1. The van der Waals surface area contributed by atoms with Gasteiger partial charge in [-0.1, -0.05) is 24.3 Å². The Morgan fingerprint density at radius 1 is 1.23 bits per heavy atom. The molecule has 0 bridgehead atoms. The number of guanidine groups is 1. The molecule has 7 heteroatoms. The smallest absolute Gasteiger partial charge is 0.194 e. The third-order valence-electron chi connectivity index (χ3n) is 3.99. The van der Waals surface area contributed by atoms with Crippen molar-refractivity contribution in [3.63, 3.8) is 0 Å². The molecule has 136 valence electrons. The second-order valence-corrected chi connectivity index (χ2v) is 6.91. The summed E-state index contributed by atoms with van der Waals surface area (Å²) in [6, 6.07) is 14.3. The van der Waals surface area contributed by atoms with Gasteiger partial charge >= 0.3 is 0 Å². The normalized spacial score (nSPS) is 11.5. The Hall–Kier alpha value is -2.67. The summed E-state index contributed by atoms with van der Waals surface area (Å²) in [5.41, 5.74) is 1.04. The summed E-state index contributed by atoms with van der Waals surface area (Å²) in [6.45, 7) is 4.29. The van der Waals surface area contributed by atoms with Crippen molar-refractivity contribution in [2.75, 3.05) is 20.1 Å². The lowest BCUT2D eigenvalue weighted by Gasteiger charge is -2.21. The maximum Gasteiger partial charge on any atom is 0.194 e. The average molecular weight is 369 g/mol. The molecule has 3 rings (SSSR count). The Kier molecular flexibility index (Phi) is 6.38. The first-order valence-corrected chi connectivity index (χ1v) is 9.62. The Morgan fingerprint density at radius 3 is 2.81 bits per heavy atom. The minimum atomic E-state index is 0.473. The van der Waals surface area contributed by atoms with Crippen LogP contribution in [0.25, 0.3) is 5.69 Å². The minimum absolute atomic E-state index is 0.473. The van der Waals surface area contributed by atoms with Crippen LogP contribution in [0.4, 0.5) is 0 Å². The molecule has 6 nitrogen and oxygen atoms in total. The molecule has 1 N–H and O–H groups in total. The molecule has 0 spiro atoms. The standard InChI is InChI=1S/C19H24N6S/c1-3-20-19(24(2)12-11-17-10-7-13-26-17)21-14-18-23-22-15-25(18)16-8-5-4-6-9-16/h4-10,13,15H,3,11-12,14H2,1-2H3,(H,20,21). The highest BCUT2D eigenvalue weighted by atomic mass is 32.1. The lowest BCUT2D eigenvalue weighted by atomic mass is 10.3. The fraction of sp³-hybridized carbons (Fsp3) is 0.316. The van der Waals surface area contributed by atoms with Gasteiger partial charge in [0.2, 0.25) is 0 Å². The van der Waals surface area contributed by atoms with Gasteiger partial charge in [0.1, 0.15) is 12.9 Å². The first kappa shape index (κ1) is 18.1. The summed E-state index contributed by atoms with van der Waals surface area (Å²) < 4.78 is 1.97. The lowest BCUT2D eigenvalue weighted by molar-refractivity contribution is 0.486. The number of benzene rings is 1. The van der Waals surface area contributed by atoms with Crippen LogP contribution in [0.15, 0.2) is 59.2 Å². The Morgan fingerprint density at radius 2 is 2.08 bits per heavy atom. The molecule has 0 saturated carbocycles. The van der Waals surface area contributed by atoms with Crippen LogP contribution in [-0.2, 0) is 13.0 Å². The number of nitrogens with zero attached hydrogens (tertiary/aromatic N) is 5. The third kappa shape index (κ3) is 4.70. The number of thiophene rings is 1. The zero-order valence-electron chi connectivity index (χ0n) is 15.2. The molecule has 3 aromatic rings. The van der Waals surface area contributed by atoms with E-state index in [9.17, 15) is 0 Å². The summed E-state index contributed by atoms with van der Waals surface area (Å²) in [5.74, 6) is 1.70. The molecule has 0 amide bonds. The van der Waals surface area contributed by atoms with Gasteiger partial charge in [0.25, 0.3) is 0 Å². The molecule has 0 saturated heterocycles. The zero-order valence-corrected chi connectivity index (χ0v) is 16.0. The van der Waals surface area contributed by atoms with Gasteiger partial charge in [-0.2, -0.15) is 0 Å². The fourth-order valence-corrected chi connectivity index (χ4v) is 3.32. The molecule has 0 atom stereocenters. The molecule has 1 aromatic carbocycles. The van der Waals surface area contributed by atoms with Crippen LogP contribution in [0, 0.1) is 0 Å². The quantitative estimate of drug-likeness (QED) is 0.514. The highest BCUT2D eigenvalue weighted by Crippen LogP contribution is 2.11. The molecule has 2 heterocycles. The molecular formula is C19H24N6S. The Bertz CT molecular complexity index is 810. The second kappa shape index (κ2) is 9.15. The minimum Gasteiger partial charge on any atom is -0.357 e. The summed E-state index contributed by atoms with van der Waals surface area (Å²) in [4.78, 5) is 8.30. The van der Waals surface area contributed by atoms with E-state index < -0.39 is 0 Å².